The molecule has 0 radical (unpaired) electrons. The van der Waals surface area contributed by atoms with Gasteiger partial charge in [0.2, 0.25) is 0 Å². The highest BCUT2D eigenvalue weighted by Crippen LogP contribution is 2.50. The van der Waals surface area contributed by atoms with E-state index in [1.807, 2.05) is 24.3 Å². The number of aliphatic hydroxyl groups excluding tert-OH is 1. The van der Waals surface area contributed by atoms with E-state index >= 15 is 0 Å². The number of azide groups is 1. The molecule has 122 valence electrons. The molecule has 1 aliphatic carbocycles. The number of hydrogen-bond acceptors (Lipinski definition) is 4. The van der Waals surface area contributed by atoms with Crippen LogP contribution in [0.2, 0.25) is 0 Å². The van der Waals surface area contributed by atoms with Crippen LogP contribution in [0.25, 0.3) is 10.4 Å². The average molecular weight is 338 g/mol. The van der Waals surface area contributed by atoms with Crippen LogP contribution in [0.15, 0.2) is 63.4 Å². The number of para-hydroxylation sites is 2. The molecular weight excluding hydrogens is 320 g/mol. The van der Waals surface area contributed by atoms with Crippen molar-refractivity contribution in [2.75, 3.05) is 4.90 Å². The van der Waals surface area contributed by atoms with Gasteiger partial charge < -0.3 is 10.0 Å². The van der Waals surface area contributed by atoms with Crippen LogP contribution in [-0.4, -0.2) is 23.3 Å². The molecule has 5 nitrogen and oxygen atoms in total. The molecule has 1 N–H and O–H groups in total. The topological polar surface area (TPSA) is 72.2 Å². The molecule has 0 bridgehead atoms. The van der Waals surface area contributed by atoms with Gasteiger partial charge >= 0.3 is 0 Å². The number of nitrogens with zero attached hydrogens (tertiary/aromatic N) is 4. The molecular formula is C18H18N4OS. The second kappa shape index (κ2) is 6.40. The third-order valence-corrected chi connectivity index (χ3v) is 5.92. The standard InChI is InChI=1S/C18H18N4OS/c19-21-20-12-6-5-9-15(18(12)23)22-13-7-1-3-10-16(13)24-17-11-4-2-8-14(17)22/h1-4,7-8,10-12,15,18,23H,5-6,9H2. The summed E-state index contributed by atoms with van der Waals surface area (Å²) in [5, 5.41) is 14.7. The highest BCUT2D eigenvalue weighted by Gasteiger charge is 2.38. The molecule has 3 atom stereocenters. The van der Waals surface area contributed by atoms with Gasteiger partial charge in [-0.2, -0.15) is 0 Å². The lowest BCUT2D eigenvalue weighted by atomic mass is 9.87. The summed E-state index contributed by atoms with van der Waals surface area (Å²) in [5.74, 6) is 0. The molecule has 6 heteroatoms. The van der Waals surface area contributed by atoms with Crippen molar-refractivity contribution in [3.8, 4) is 0 Å². The summed E-state index contributed by atoms with van der Waals surface area (Å²) >= 11 is 1.76. The summed E-state index contributed by atoms with van der Waals surface area (Å²) in [6, 6.07) is 16.1. The predicted molar refractivity (Wildman–Crippen MR) is 95.7 cm³/mol. The van der Waals surface area contributed by atoms with Crippen molar-refractivity contribution in [2.24, 2.45) is 5.11 Å². The van der Waals surface area contributed by atoms with E-state index in [9.17, 15) is 5.11 Å². The lowest BCUT2D eigenvalue weighted by Gasteiger charge is -2.44. The molecule has 1 aliphatic heterocycles. The number of benzene rings is 2. The van der Waals surface area contributed by atoms with Gasteiger partial charge in [-0.25, -0.2) is 0 Å². The van der Waals surface area contributed by atoms with Gasteiger partial charge in [-0.1, -0.05) is 47.6 Å². The van der Waals surface area contributed by atoms with Crippen molar-refractivity contribution < 1.29 is 5.11 Å². The number of hydrogen-bond donors (Lipinski definition) is 1. The van der Waals surface area contributed by atoms with Gasteiger partial charge in [0.05, 0.1) is 29.6 Å². The molecule has 0 spiro atoms. The van der Waals surface area contributed by atoms with Gasteiger partial charge in [0.1, 0.15) is 0 Å². The zero-order valence-corrected chi connectivity index (χ0v) is 13.9. The smallest absolute Gasteiger partial charge is 0.0832 e. The Morgan fingerprint density at radius 1 is 1.04 bits per heavy atom. The minimum atomic E-state index is -0.668. The maximum Gasteiger partial charge on any atom is 0.0832 e. The number of fused-ring (bicyclic) bond motifs is 2. The summed E-state index contributed by atoms with van der Waals surface area (Å²) in [7, 11) is 0. The second-order valence-corrected chi connectivity index (χ2v) is 7.25. The third-order valence-electron chi connectivity index (χ3n) is 4.79. The molecule has 1 heterocycles. The van der Waals surface area contributed by atoms with E-state index in [2.05, 4.69) is 39.2 Å². The molecule has 24 heavy (non-hydrogen) atoms. The summed E-state index contributed by atoms with van der Waals surface area (Å²) in [5.41, 5.74) is 11.0. The molecule has 2 aromatic rings. The van der Waals surface area contributed by atoms with Gasteiger partial charge in [0, 0.05) is 14.7 Å². The van der Waals surface area contributed by atoms with E-state index in [4.69, 9.17) is 5.53 Å². The molecule has 2 aliphatic rings. The molecule has 1 fully saturated rings. The minimum Gasteiger partial charge on any atom is -0.391 e. The molecule has 2 aromatic carbocycles. The Morgan fingerprint density at radius 3 is 2.29 bits per heavy atom. The average Bonchev–Trinajstić information content (AvgIpc) is 2.62. The van der Waals surface area contributed by atoms with Gasteiger partial charge in [-0.3, -0.25) is 0 Å². The number of rotatable bonds is 2. The lowest BCUT2D eigenvalue weighted by Crippen LogP contribution is -2.49. The van der Waals surface area contributed by atoms with Crippen molar-refractivity contribution >= 4 is 23.1 Å². The van der Waals surface area contributed by atoms with Crippen molar-refractivity contribution in [1.29, 1.82) is 0 Å². The van der Waals surface area contributed by atoms with E-state index < -0.39 is 6.10 Å². The molecule has 0 saturated heterocycles. The van der Waals surface area contributed by atoms with Gasteiger partial charge in [0.15, 0.2) is 0 Å². The summed E-state index contributed by atoms with van der Waals surface area (Å²) < 4.78 is 0. The highest BCUT2D eigenvalue weighted by molar-refractivity contribution is 7.99. The van der Waals surface area contributed by atoms with Crippen LogP contribution >= 0.6 is 11.8 Å². The Bertz CT molecular complexity index is 760. The Balaban J connectivity index is 1.81. The largest absolute Gasteiger partial charge is 0.391 e. The first-order chi connectivity index (χ1) is 11.8. The van der Waals surface area contributed by atoms with Gasteiger partial charge in [-0.05, 0) is 42.6 Å². The zero-order chi connectivity index (χ0) is 16.5. The zero-order valence-electron chi connectivity index (χ0n) is 13.1. The van der Waals surface area contributed by atoms with E-state index in [0.717, 1.165) is 30.6 Å². The Labute approximate surface area is 144 Å². The summed E-state index contributed by atoms with van der Waals surface area (Å²) in [6.45, 7) is 0. The third kappa shape index (κ3) is 2.53. The maximum atomic E-state index is 10.8. The Morgan fingerprint density at radius 2 is 1.67 bits per heavy atom. The van der Waals surface area contributed by atoms with E-state index in [1.165, 1.54) is 9.79 Å². The van der Waals surface area contributed by atoms with Crippen LogP contribution in [0, 0.1) is 0 Å². The fraction of sp³-hybridized carbons (Fsp3) is 0.333. The van der Waals surface area contributed by atoms with Crippen LogP contribution in [0.1, 0.15) is 19.3 Å². The van der Waals surface area contributed by atoms with E-state index in [1.54, 1.807) is 11.8 Å². The minimum absolute atomic E-state index is 0.0857. The van der Waals surface area contributed by atoms with Crippen molar-refractivity contribution in [1.82, 2.24) is 0 Å². The monoisotopic (exact) mass is 338 g/mol. The van der Waals surface area contributed by atoms with E-state index in [-0.39, 0.29) is 12.1 Å². The fourth-order valence-corrected chi connectivity index (χ4v) is 4.77. The maximum absolute atomic E-state index is 10.8. The second-order valence-electron chi connectivity index (χ2n) is 6.17. The van der Waals surface area contributed by atoms with Crippen molar-refractivity contribution in [3.05, 3.63) is 59.0 Å². The first-order valence-electron chi connectivity index (χ1n) is 8.17. The van der Waals surface area contributed by atoms with Gasteiger partial charge in [-0.15, -0.1) is 0 Å². The van der Waals surface area contributed by atoms with Crippen LogP contribution in [0.5, 0.6) is 0 Å². The van der Waals surface area contributed by atoms with Crippen LogP contribution in [0.4, 0.5) is 11.4 Å². The van der Waals surface area contributed by atoms with Crippen LogP contribution in [-0.2, 0) is 0 Å². The molecule has 0 amide bonds. The normalized spacial score (nSPS) is 25.4. The number of aliphatic hydroxyl groups is 1. The quantitative estimate of drug-likeness (QED) is 0.482. The fourth-order valence-electron chi connectivity index (χ4n) is 3.70. The lowest BCUT2D eigenvalue weighted by molar-refractivity contribution is 0.0876. The molecule has 1 saturated carbocycles. The molecule has 4 rings (SSSR count). The number of anilines is 2. The van der Waals surface area contributed by atoms with Gasteiger partial charge in [0.25, 0.3) is 0 Å². The van der Waals surface area contributed by atoms with Crippen molar-refractivity contribution in [2.45, 2.75) is 47.2 Å². The highest BCUT2D eigenvalue weighted by atomic mass is 32.2. The summed E-state index contributed by atoms with van der Waals surface area (Å²) in [6.07, 6.45) is 1.90. The first-order valence-corrected chi connectivity index (χ1v) is 8.98. The Hall–Kier alpha value is -2.14. The Kier molecular flexibility index (Phi) is 4.10. The van der Waals surface area contributed by atoms with E-state index in [0.29, 0.717) is 0 Å². The molecule has 3 unspecified atom stereocenters. The summed E-state index contributed by atoms with van der Waals surface area (Å²) in [4.78, 5) is 7.54. The van der Waals surface area contributed by atoms with Crippen LogP contribution in [0.3, 0.4) is 0 Å². The van der Waals surface area contributed by atoms with Crippen molar-refractivity contribution in [3.63, 3.8) is 0 Å². The SMILES string of the molecule is [N-]=[N+]=NC1CCCC(N2c3ccccc3Sc3ccccc32)C1O. The van der Waals surface area contributed by atoms with Crippen LogP contribution < -0.4 is 4.90 Å². The first kappa shape index (κ1) is 15.4. The molecule has 0 aromatic heterocycles. The predicted octanol–water partition coefficient (Wildman–Crippen LogP) is 4.88.